The van der Waals surface area contributed by atoms with Crippen LogP contribution in [0.4, 0.5) is 5.69 Å². The third-order valence-corrected chi connectivity index (χ3v) is 7.77. The Morgan fingerprint density at radius 3 is 2.48 bits per heavy atom. The Bertz CT molecular complexity index is 1320. The molecule has 212 valence electrons. The van der Waals surface area contributed by atoms with Crippen molar-refractivity contribution in [2.75, 3.05) is 25.5 Å². The number of para-hydroxylation sites is 1. The van der Waals surface area contributed by atoms with Gasteiger partial charge in [-0.2, -0.15) is 0 Å². The van der Waals surface area contributed by atoms with Crippen LogP contribution in [-0.4, -0.2) is 60.8 Å². The second-order valence-corrected chi connectivity index (χ2v) is 11.3. The number of nitrogens with zero attached hydrogens (tertiary/aromatic N) is 1. The van der Waals surface area contributed by atoms with E-state index in [4.69, 9.17) is 4.74 Å². The molecular weight excluding hydrogens is 530 g/mol. The lowest BCUT2D eigenvalue weighted by Crippen LogP contribution is -2.53. The molecule has 2 aromatic carbocycles. The molecule has 0 saturated carbocycles. The van der Waals surface area contributed by atoms with Crippen molar-refractivity contribution in [2.24, 2.45) is 11.8 Å². The zero-order valence-electron chi connectivity index (χ0n) is 22.9. The fraction of sp³-hybridized carbons (Fsp3) is 0.414. The molecule has 0 spiro atoms. The van der Waals surface area contributed by atoms with E-state index in [9.17, 15) is 19.2 Å². The summed E-state index contributed by atoms with van der Waals surface area (Å²) in [5.74, 6) is -0.892. The molecule has 0 unspecified atom stereocenters. The molecule has 3 amide bonds. The number of thiazole rings is 1. The zero-order valence-corrected chi connectivity index (χ0v) is 23.7. The smallest absolute Gasteiger partial charge is 0.243 e. The first-order chi connectivity index (χ1) is 19.2. The van der Waals surface area contributed by atoms with E-state index in [-0.39, 0.29) is 41.5 Å². The Labute approximate surface area is 237 Å². The number of carbonyl (C=O) groups excluding carboxylic acids is 4. The summed E-state index contributed by atoms with van der Waals surface area (Å²) < 4.78 is 6.01. The summed E-state index contributed by atoms with van der Waals surface area (Å²) in [4.78, 5) is 56.7. The average Bonchev–Trinajstić information content (AvgIpc) is 3.56. The normalized spacial score (nSPS) is 16.3. The highest BCUT2D eigenvalue weighted by Crippen LogP contribution is 2.25. The van der Waals surface area contributed by atoms with Crippen molar-refractivity contribution >= 4 is 50.7 Å². The molecule has 1 aromatic heterocycles. The van der Waals surface area contributed by atoms with Crippen LogP contribution in [0.2, 0.25) is 0 Å². The highest BCUT2D eigenvalue weighted by Gasteiger charge is 2.34. The molecule has 1 aliphatic rings. The number of rotatable bonds is 13. The third kappa shape index (κ3) is 7.56. The Balaban J connectivity index is 1.46. The van der Waals surface area contributed by atoms with Crippen molar-refractivity contribution in [3.8, 4) is 5.75 Å². The molecule has 1 saturated heterocycles. The quantitative estimate of drug-likeness (QED) is 0.234. The number of aromatic nitrogens is 1. The topological polar surface area (TPSA) is 139 Å². The number of Topliss-reactive ketones (excluding diaryl/α,β-unsaturated/α-hetero) is 1. The van der Waals surface area contributed by atoms with Gasteiger partial charge in [0.1, 0.15) is 11.8 Å². The van der Waals surface area contributed by atoms with E-state index in [2.05, 4.69) is 26.3 Å². The Hall–Kier alpha value is -3.99. The largest absolute Gasteiger partial charge is 0.497 e. The molecule has 0 bridgehead atoms. The Kier molecular flexibility index (Phi) is 9.70. The molecule has 2 heterocycles. The van der Waals surface area contributed by atoms with Gasteiger partial charge in [-0.15, -0.1) is 11.3 Å². The van der Waals surface area contributed by atoms with Crippen molar-refractivity contribution in [2.45, 2.75) is 45.2 Å². The molecule has 3 atom stereocenters. The monoisotopic (exact) mass is 565 g/mol. The molecule has 1 aliphatic heterocycles. The molecule has 1 fully saturated rings. The van der Waals surface area contributed by atoms with E-state index in [1.165, 1.54) is 11.3 Å². The van der Waals surface area contributed by atoms with Crippen LogP contribution in [0.25, 0.3) is 10.2 Å². The summed E-state index contributed by atoms with van der Waals surface area (Å²) in [6, 6.07) is 12.8. The van der Waals surface area contributed by atoms with E-state index < -0.39 is 23.9 Å². The van der Waals surface area contributed by atoms with E-state index in [0.29, 0.717) is 30.7 Å². The number of anilines is 1. The average molecular weight is 566 g/mol. The molecular formula is C29H35N5O5S. The molecule has 4 rings (SSSR count). The number of hydrogen-bond acceptors (Lipinski definition) is 8. The third-order valence-electron chi connectivity index (χ3n) is 6.72. The van der Waals surface area contributed by atoms with Crippen LogP contribution in [-0.2, 0) is 14.4 Å². The first-order valence-corrected chi connectivity index (χ1v) is 14.2. The number of methoxy groups -OCH3 is 1. The Morgan fingerprint density at radius 1 is 1.07 bits per heavy atom. The van der Waals surface area contributed by atoms with Crippen molar-refractivity contribution in [1.29, 1.82) is 0 Å². The number of fused-ring (bicyclic) bond motifs is 1. The standard InChI is InChI=1S/C29H35N5O5S/c1-17(2)14-23(32-25(35)16-31-19-8-10-20(39-3)11-9-19)28(38)33-22(15-18-12-13-30-27(18)37)26(36)29-34-21-6-4-5-7-24(21)40-29/h4-11,17-18,22-23,31H,12-16H2,1-3H3,(H,30,37)(H,32,35)(H,33,38)/t18-,22-,23-/m0/s1. The van der Waals surface area contributed by atoms with Gasteiger partial charge in [-0.3, -0.25) is 19.2 Å². The summed E-state index contributed by atoms with van der Waals surface area (Å²) in [5, 5.41) is 11.8. The van der Waals surface area contributed by atoms with Crippen molar-refractivity contribution in [3.63, 3.8) is 0 Å². The van der Waals surface area contributed by atoms with Crippen molar-refractivity contribution < 1.29 is 23.9 Å². The fourth-order valence-corrected chi connectivity index (χ4v) is 5.58. The van der Waals surface area contributed by atoms with Crippen molar-refractivity contribution in [1.82, 2.24) is 20.9 Å². The maximum absolute atomic E-state index is 13.6. The highest BCUT2D eigenvalue weighted by atomic mass is 32.1. The van der Waals surface area contributed by atoms with Gasteiger partial charge < -0.3 is 26.0 Å². The van der Waals surface area contributed by atoms with Gasteiger partial charge >= 0.3 is 0 Å². The van der Waals surface area contributed by atoms with E-state index >= 15 is 0 Å². The number of amides is 3. The minimum atomic E-state index is -0.953. The minimum Gasteiger partial charge on any atom is -0.497 e. The van der Waals surface area contributed by atoms with Gasteiger partial charge in [-0.1, -0.05) is 26.0 Å². The maximum Gasteiger partial charge on any atom is 0.243 e. The van der Waals surface area contributed by atoms with Crippen LogP contribution in [0.1, 0.15) is 42.9 Å². The lowest BCUT2D eigenvalue weighted by Gasteiger charge is -2.24. The zero-order chi connectivity index (χ0) is 28.6. The SMILES string of the molecule is COc1ccc(NCC(=O)N[C@@H](CC(C)C)C(=O)N[C@@H](C[C@@H]2CCNC2=O)C(=O)c2nc3ccccc3s2)cc1. The summed E-state index contributed by atoms with van der Waals surface area (Å²) in [5.41, 5.74) is 1.44. The van der Waals surface area contributed by atoms with Gasteiger partial charge in [0, 0.05) is 18.2 Å². The second kappa shape index (κ2) is 13.4. The predicted molar refractivity (Wildman–Crippen MR) is 154 cm³/mol. The molecule has 3 aromatic rings. The summed E-state index contributed by atoms with van der Waals surface area (Å²) in [6.45, 7) is 4.40. The van der Waals surface area contributed by atoms with Gasteiger partial charge in [0.05, 0.1) is 29.9 Å². The van der Waals surface area contributed by atoms with Gasteiger partial charge in [-0.25, -0.2) is 4.98 Å². The van der Waals surface area contributed by atoms with Gasteiger partial charge in [0.25, 0.3) is 0 Å². The van der Waals surface area contributed by atoms with Gasteiger partial charge in [0.2, 0.25) is 23.5 Å². The Morgan fingerprint density at radius 2 is 1.82 bits per heavy atom. The van der Waals surface area contributed by atoms with Crippen molar-refractivity contribution in [3.05, 3.63) is 53.5 Å². The maximum atomic E-state index is 13.6. The number of benzene rings is 2. The van der Waals surface area contributed by atoms with Gasteiger partial charge in [0.15, 0.2) is 5.01 Å². The number of ketones is 1. The predicted octanol–water partition coefficient (Wildman–Crippen LogP) is 3.14. The van der Waals surface area contributed by atoms with Crippen LogP contribution >= 0.6 is 11.3 Å². The number of ether oxygens (including phenoxy) is 1. The molecule has 0 radical (unpaired) electrons. The number of carbonyl (C=O) groups is 4. The molecule has 4 N–H and O–H groups in total. The molecule has 0 aliphatic carbocycles. The fourth-order valence-electron chi connectivity index (χ4n) is 4.62. The van der Waals surface area contributed by atoms with Crippen LogP contribution < -0.4 is 26.0 Å². The summed E-state index contributed by atoms with van der Waals surface area (Å²) >= 11 is 1.26. The first kappa shape index (κ1) is 29.0. The van der Waals surface area contributed by atoms with Gasteiger partial charge in [-0.05, 0) is 61.6 Å². The molecule has 11 heteroatoms. The molecule has 40 heavy (non-hydrogen) atoms. The summed E-state index contributed by atoms with van der Waals surface area (Å²) in [7, 11) is 1.58. The van der Waals surface area contributed by atoms with Crippen LogP contribution in [0.15, 0.2) is 48.5 Å². The van der Waals surface area contributed by atoms with Crippen LogP contribution in [0.3, 0.4) is 0 Å². The van der Waals surface area contributed by atoms with E-state index in [1.54, 1.807) is 31.4 Å². The van der Waals surface area contributed by atoms with E-state index in [1.807, 2.05) is 38.1 Å². The second-order valence-electron chi connectivity index (χ2n) is 10.3. The number of hydrogen-bond donors (Lipinski definition) is 4. The van der Waals surface area contributed by atoms with E-state index in [0.717, 1.165) is 10.4 Å². The molecule has 10 nitrogen and oxygen atoms in total. The number of nitrogens with one attached hydrogen (secondary N) is 4. The lowest BCUT2D eigenvalue weighted by atomic mass is 9.95. The lowest BCUT2D eigenvalue weighted by molar-refractivity contribution is -0.129. The highest BCUT2D eigenvalue weighted by molar-refractivity contribution is 7.20. The van der Waals surface area contributed by atoms with Crippen LogP contribution in [0.5, 0.6) is 5.75 Å². The minimum absolute atomic E-state index is 0.0372. The first-order valence-electron chi connectivity index (χ1n) is 13.4. The van der Waals surface area contributed by atoms with Crippen LogP contribution in [0, 0.1) is 11.8 Å². The summed E-state index contributed by atoms with van der Waals surface area (Å²) in [6.07, 6.45) is 1.13.